The molecule has 2 aromatic rings. The van der Waals surface area contributed by atoms with Crippen molar-refractivity contribution in [2.45, 2.75) is 6.92 Å². The number of halogens is 3. The molecule has 0 radical (unpaired) electrons. The van der Waals surface area contributed by atoms with Crippen LogP contribution < -0.4 is 5.32 Å². The number of rotatable bonds is 5. The van der Waals surface area contributed by atoms with Crippen molar-refractivity contribution >= 4 is 35.2 Å². The molecule has 0 aliphatic rings. The summed E-state index contributed by atoms with van der Waals surface area (Å²) in [5.74, 6) is -3.04. The Balaban J connectivity index is 1.86. The first-order valence-electron chi connectivity index (χ1n) is 7.21. The minimum atomic E-state index is -0.794. The Labute approximate surface area is 148 Å². The fourth-order valence-electron chi connectivity index (χ4n) is 1.84. The number of ether oxygens (including phenoxy) is 1. The van der Waals surface area contributed by atoms with Crippen molar-refractivity contribution in [1.82, 2.24) is 0 Å². The highest BCUT2D eigenvalue weighted by Crippen LogP contribution is 2.17. The molecule has 0 atom stereocenters. The van der Waals surface area contributed by atoms with Crippen LogP contribution in [0.4, 0.5) is 14.5 Å². The van der Waals surface area contributed by atoms with Crippen molar-refractivity contribution < 1.29 is 23.1 Å². The average Bonchev–Trinajstić information content (AvgIpc) is 2.57. The third-order valence-corrected chi connectivity index (χ3v) is 3.56. The van der Waals surface area contributed by atoms with E-state index in [1.165, 1.54) is 6.08 Å². The second-order valence-corrected chi connectivity index (χ2v) is 5.53. The molecule has 7 heteroatoms. The van der Waals surface area contributed by atoms with E-state index in [4.69, 9.17) is 16.3 Å². The van der Waals surface area contributed by atoms with Gasteiger partial charge in [0.05, 0.1) is 5.69 Å². The largest absolute Gasteiger partial charge is 0.452 e. The number of esters is 1. The average molecular weight is 366 g/mol. The van der Waals surface area contributed by atoms with Gasteiger partial charge in [0.15, 0.2) is 6.61 Å². The van der Waals surface area contributed by atoms with Crippen LogP contribution >= 0.6 is 11.6 Å². The summed E-state index contributed by atoms with van der Waals surface area (Å²) >= 11 is 5.97. The summed E-state index contributed by atoms with van der Waals surface area (Å²) in [6, 6.07) is 7.88. The van der Waals surface area contributed by atoms with Gasteiger partial charge in [-0.3, -0.25) is 4.79 Å². The highest BCUT2D eigenvalue weighted by atomic mass is 35.5. The molecule has 1 amide bonds. The summed E-state index contributed by atoms with van der Waals surface area (Å²) < 4.78 is 31.1. The van der Waals surface area contributed by atoms with Crippen LogP contribution in [0.2, 0.25) is 5.02 Å². The number of benzene rings is 2. The van der Waals surface area contributed by atoms with Gasteiger partial charge in [-0.15, -0.1) is 0 Å². The van der Waals surface area contributed by atoms with E-state index < -0.39 is 30.1 Å². The first-order valence-corrected chi connectivity index (χ1v) is 7.59. The topological polar surface area (TPSA) is 55.4 Å². The predicted octanol–water partition coefficient (Wildman–Crippen LogP) is 4.12. The van der Waals surface area contributed by atoms with E-state index in [1.807, 2.05) is 6.92 Å². The van der Waals surface area contributed by atoms with Gasteiger partial charge >= 0.3 is 5.97 Å². The Morgan fingerprint density at radius 3 is 2.68 bits per heavy atom. The van der Waals surface area contributed by atoms with Gasteiger partial charge in [0, 0.05) is 17.2 Å². The molecule has 25 heavy (non-hydrogen) atoms. The SMILES string of the molecule is Cc1ccc(/C=C/C(=O)OCC(=O)Nc2cc(F)ccc2F)cc1Cl. The van der Waals surface area contributed by atoms with Gasteiger partial charge in [-0.25, -0.2) is 13.6 Å². The molecule has 0 heterocycles. The lowest BCUT2D eigenvalue weighted by Gasteiger charge is -2.06. The van der Waals surface area contributed by atoms with Crippen molar-refractivity contribution in [3.05, 3.63) is 70.3 Å². The molecule has 2 rings (SSSR count). The molecule has 0 saturated carbocycles. The number of hydrogen-bond donors (Lipinski definition) is 1. The van der Waals surface area contributed by atoms with Gasteiger partial charge in [0.1, 0.15) is 11.6 Å². The number of carbonyl (C=O) groups is 2. The first-order chi connectivity index (χ1) is 11.8. The Bertz CT molecular complexity index is 837. The van der Waals surface area contributed by atoms with Crippen LogP contribution in [0.3, 0.4) is 0 Å². The molecule has 0 unspecified atom stereocenters. The summed E-state index contributed by atoms with van der Waals surface area (Å²) in [5.41, 5.74) is 1.27. The number of anilines is 1. The van der Waals surface area contributed by atoms with E-state index in [0.29, 0.717) is 10.6 Å². The van der Waals surface area contributed by atoms with E-state index in [1.54, 1.807) is 18.2 Å². The van der Waals surface area contributed by atoms with Gasteiger partial charge < -0.3 is 10.1 Å². The predicted molar refractivity (Wildman–Crippen MR) is 91.2 cm³/mol. The van der Waals surface area contributed by atoms with Crippen LogP contribution in [-0.4, -0.2) is 18.5 Å². The van der Waals surface area contributed by atoms with Crippen LogP contribution in [0.5, 0.6) is 0 Å². The van der Waals surface area contributed by atoms with Crippen LogP contribution in [0.1, 0.15) is 11.1 Å². The Hall–Kier alpha value is -2.73. The monoisotopic (exact) mass is 365 g/mol. The summed E-state index contributed by atoms with van der Waals surface area (Å²) in [4.78, 5) is 23.2. The molecule has 4 nitrogen and oxygen atoms in total. The number of amides is 1. The summed E-state index contributed by atoms with van der Waals surface area (Å²) in [6.07, 6.45) is 2.62. The van der Waals surface area contributed by atoms with Crippen LogP contribution in [0.15, 0.2) is 42.5 Å². The zero-order valence-corrected chi connectivity index (χ0v) is 13.9. The second kappa shape index (κ2) is 8.39. The van der Waals surface area contributed by atoms with E-state index >= 15 is 0 Å². The van der Waals surface area contributed by atoms with Crippen molar-refractivity contribution in [3.8, 4) is 0 Å². The number of nitrogens with one attached hydrogen (secondary N) is 1. The smallest absolute Gasteiger partial charge is 0.331 e. The third-order valence-electron chi connectivity index (χ3n) is 3.16. The number of carbonyl (C=O) groups excluding carboxylic acids is 2. The second-order valence-electron chi connectivity index (χ2n) is 5.12. The summed E-state index contributed by atoms with van der Waals surface area (Å²) in [7, 11) is 0. The quantitative estimate of drug-likeness (QED) is 0.640. The molecule has 0 aliphatic heterocycles. The molecular formula is C18H14ClF2NO3. The zero-order valence-electron chi connectivity index (χ0n) is 13.2. The van der Waals surface area contributed by atoms with Gasteiger partial charge in [-0.2, -0.15) is 0 Å². The maximum Gasteiger partial charge on any atom is 0.331 e. The summed E-state index contributed by atoms with van der Waals surface area (Å²) in [5, 5.41) is 2.68. The molecule has 0 bridgehead atoms. The van der Waals surface area contributed by atoms with E-state index in [9.17, 15) is 18.4 Å². The standard InChI is InChI=1S/C18H14ClF2NO3/c1-11-2-3-12(8-14(11)19)4-7-18(24)25-10-17(23)22-16-9-13(20)5-6-15(16)21/h2-9H,10H2,1H3,(H,22,23)/b7-4+. The Morgan fingerprint density at radius 2 is 1.96 bits per heavy atom. The normalized spacial score (nSPS) is 10.7. The van der Waals surface area contributed by atoms with Gasteiger partial charge in [-0.05, 0) is 42.3 Å². The fraction of sp³-hybridized carbons (Fsp3) is 0.111. The van der Waals surface area contributed by atoms with Gasteiger partial charge in [0.2, 0.25) is 0 Å². The molecule has 130 valence electrons. The summed E-state index contributed by atoms with van der Waals surface area (Å²) in [6.45, 7) is 1.22. The molecular weight excluding hydrogens is 352 g/mol. The molecule has 2 aromatic carbocycles. The van der Waals surface area contributed by atoms with Crippen LogP contribution in [0.25, 0.3) is 6.08 Å². The fourth-order valence-corrected chi connectivity index (χ4v) is 2.03. The first kappa shape index (κ1) is 18.6. The molecule has 1 N–H and O–H groups in total. The minimum absolute atomic E-state index is 0.328. The third kappa shape index (κ3) is 5.69. The van der Waals surface area contributed by atoms with Crippen LogP contribution in [0, 0.1) is 18.6 Å². The van der Waals surface area contributed by atoms with Crippen LogP contribution in [-0.2, 0) is 14.3 Å². The van der Waals surface area contributed by atoms with Crippen molar-refractivity contribution in [1.29, 1.82) is 0 Å². The zero-order chi connectivity index (χ0) is 18.4. The molecule has 0 aliphatic carbocycles. The Morgan fingerprint density at radius 1 is 1.20 bits per heavy atom. The van der Waals surface area contributed by atoms with E-state index in [2.05, 4.69) is 5.32 Å². The molecule has 0 spiro atoms. The van der Waals surface area contributed by atoms with E-state index in [-0.39, 0.29) is 5.69 Å². The number of hydrogen-bond acceptors (Lipinski definition) is 3. The lowest BCUT2D eigenvalue weighted by molar-refractivity contribution is -0.142. The molecule has 0 saturated heterocycles. The van der Waals surface area contributed by atoms with Crippen molar-refractivity contribution in [2.75, 3.05) is 11.9 Å². The van der Waals surface area contributed by atoms with E-state index in [0.717, 1.165) is 29.8 Å². The van der Waals surface area contributed by atoms with Crippen molar-refractivity contribution in [3.63, 3.8) is 0 Å². The highest BCUT2D eigenvalue weighted by molar-refractivity contribution is 6.31. The van der Waals surface area contributed by atoms with Gasteiger partial charge in [-0.1, -0.05) is 23.7 Å². The molecule has 0 fully saturated rings. The Kier molecular flexibility index (Phi) is 6.25. The maximum atomic E-state index is 13.4. The van der Waals surface area contributed by atoms with Gasteiger partial charge in [0.25, 0.3) is 5.91 Å². The highest BCUT2D eigenvalue weighted by Gasteiger charge is 2.10. The maximum absolute atomic E-state index is 13.4. The minimum Gasteiger partial charge on any atom is -0.452 e. The van der Waals surface area contributed by atoms with Crippen molar-refractivity contribution in [2.24, 2.45) is 0 Å². The lowest BCUT2D eigenvalue weighted by Crippen LogP contribution is -2.20. The lowest BCUT2D eigenvalue weighted by atomic mass is 10.1. The number of aryl methyl sites for hydroxylation is 1. The molecule has 0 aromatic heterocycles.